The zero-order valence-corrected chi connectivity index (χ0v) is 10.4. The highest BCUT2D eigenvalue weighted by Crippen LogP contribution is 2.38. The average molecular weight is 224 g/mol. The van der Waals surface area contributed by atoms with Crippen molar-refractivity contribution in [3.8, 4) is 0 Å². The molecule has 0 aromatic carbocycles. The highest BCUT2D eigenvalue weighted by molar-refractivity contribution is 7.09. The van der Waals surface area contributed by atoms with Gasteiger partial charge in [-0.25, -0.2) is 4.98 Å². The molecule has 0 atom stereocenters. The molecule has 1 saturated carbocycles. The molecule has 2 N–H and O–H groups in total. The van der Waals surface area contributed by atoms with E-state index in [-0.39, 0.29) is 5.54 Å². The second-order valence-electron chi connectivity index (χ2n) is 4.84. The number of aryl methyl sites for hydroxylation is 1. The maximum Gasteiger partial charge on any atom is 0.113 e. The summed E-state index contributed by atoms with van der Waals surface area (Å²) in [5.74, 6) is 0.840. The molecule has 1 aliphatic carbocycles. The van der Waals surface area contributed by atoms with E-state index in [0.29, 0.717) is 0 Å². The standard InChI is InChI=1S/C12H20N2S/c1-3-10-8-15-11(14-10)12(13)6-4-9(2)5-7-12/h8-9H,3-7,13H2,1-2H3. The van der Waals surface area contributed by atoms with Crippen LogP contribution in [0.2, 0.25) is 0 Å². The second-order valence-corrected chi connectivity index (χ2v) is 5.69. The minimum Gasteiger partial charge on any atom is -0.319 e. The molecule has 0 saturated heterocycles. The van der Waals surface area contributed by atoms with Crippen molar-refractivity contribution in [1.29, 1.82) is 0 Å². The SMILES string of the molecule is CCc1csc(C2(N)CCC(C)CC2)n1. The number of nitrogens with zero attached hydrogens (tertiary/aromatic N) is 1. The van der Waals surface area contributed by atoms with Gasteiger partial charge in [-0.2, -0.15) is 0 Å². The van der Waals surface area contributed by atoms with E-state index >= 15 is 0 Å². The van der Waals surface area contributed by atoms with Crippen molar-refractivity contribution in [3.63, 3.8) is 0 Å². The first-order valence-electron chi connectivity index (χ1n) is 5.88. The Kier molecular flexibility index (Phi) is 3.12. The summed E-state index contributed by atoms with van der Waals surface area (Å²) >= 11 is 1.74. The van der Waals surface area contributed by atoms with Crippen LogP contribution >= 0.6 is 11.3 Å². The summed E-state index contributed by atoms with van der Waals surface area (Å²) < 4.78 is 0. The molecule has 0 aliphatic heterocycles. The van der Waals surface area contributed by atoms with Gasteiger partial charge in [0, 0.05) is 5.38 Å². The van der Waals surface area contributed by atoms with Crippen LogP contribution in [-0.2, 0) is 12.0 Å². The topological polar surface area (TPSA) is 38.9 Å². The van der Waals surface area contributed by atoms with Gasteiger partial charge < -0.3 is 5.73 Å². The summed E-state index contributed by atoms with van der Waals surface area (Å²) in [5, 5.41) is 3.31. The predicted molar refractivity (Wildman–Crippen MR) is 65.0 cm³/mol. The monoisotopic (exact) mass is 224 g/mol. The Bertz CT molecular complexity index is 324. The highest BCUT2D eigenvalue weighted by atomic mass is 32.1. The molecule has 0 spiro atoms. The lowest BCUT2D eigenvalue weighted by atomic mass is 9.78. The normalized spacial score (nSPS) is 31.8. The molecule has 1 fully saturated rings. The average Bonchev–Trinajstić information content (AvgIpc) is 2.72. The van der Waals surface area contributed by atoms with Crippen LogP contribution in [0.25, 0.3) is 0 Å². The molecule has 84 valence electrons. The van der Waals surface area contributed by atoms with E-state index in [4.69, 9.17) is 5.73 Å². The molecule has 2 rings (SSSR count). The van der Waals surface area contributed by atoms with Gasteiger partial charge in [0.25, 0.3) is 0 Å². The summed E-state index contributed by atoms with van der Waals surface area (Å²) in [6, 6.07) is 0. The van der Waals surface area contributed by atoms with E-state index in [1.54, 1.807) is 11.3 Å². The molecule has 1 aromatic rings. The molecular weight excluding hydrogens is 204 g/mol. The molecule has 1 aliphatic rings. The van der Waals surface area contributed by atoms with Gasteiger partial charge in [-0.05, 0) is 38.0 Å². The van der Waals surface area contributed by atoms with Gasteiger partial charge in [0.15, 0.2) is 0 Å². The fourth-order valence-electron chi connectivity index (χ4n) is 2.19. The first-order valence-corrected chi connectivity index (χ1v) is 6.76. The third kappa shape index (κ3) is 2.23. The van der Waals surface area contributed by atoms with Crippen molar-refractivity contribution in [3.05, 3.63) is 16.1 Å². The second kappa shape index (κ2) is 4.22. The molecular formula is C12H20N2S. The molecule has 1 heterocycles. The van der Waals surface area contributed by atoms with Crippen LogP contribution in [0.3, 0.4) is 0 Å². The van der Waals surface area contributed by atoms with E-state index < -0.39 is 0 Å². The number of nitrogens with two attached hydrogens (primary N) is 1. The molecule has 0 bridgehead atoms. The number of thiazole rings is 1. The fraction of sp³-hybridized carbons (Fsp3) is 0.750. The lowest BCUT2D eigenvalue weighted by Gasteiger charge is -2.34. The van der Waals surface area contributed by atoms with Crippen LogP contribution in [0.5, 0.6) is 0 Å². The minimum absolute atomic E-state index is 0.120. The van der Waals surface area contributed by atoms with E-state index in [0.717, 1.165) is 30.2 Å². The van der Waals surface area contributed by atoms with Gasteiger partial charge in [0.05, 0.1) is 11.2 Å². The maximum absolute atomic E-state index is 6.46. The van der Waals surface area contributed by atoms with Crippen LogP contribution in [0.1, 0.15) is 50.2 Å². The van der Waals surface area contributed by atoms with Crippen molar-refractivity contribution in [2.45, 2.75) is 51.5 Å². The van der Waals surface area contributed by atoms with E-state index in [9.17, 15) is 0 Å². The summed E-state index contributed by atoms with van der Waals surface area (Å²) in [4.78, 5) is 4.64. The lowest BCUT2D eigenvalue weighted by Crippen LogP contribution is -2.40. The summed E-state index contributed by atoms with van der Waals surface area (Å²) in [6.45, 7) is 4.46. The third-order valence-electron chi connectivity index (χ3n) is 3.51. The minimum atomic E-state index is -0.120. The number of hydrogen-bond acceptors (Lipinski definition) is 3. The Morgan fingerprint density at radius 3 is 2.73 bits per heavy atom. The quantitative estimate of drug-likeness (QED) is 0.838. The predicted octanol–water partition coefficient (Wildman–Crippen LogP) is 3.07. The summed E-state index contributed by atoms with van der Waals surface area (Å²) in [6.07, 6.45) is 5.72. The number of aromatic nitrogens is 1. The Morgan fingerprint density at radius 1 is 1.53 bits per heavy atom. The van der Waals surface area contributed by atoms with E-state index in [1.165, 1.54) is 18.5 Å². The van der Waals surface area contributed by atoms with Crippen molar-refractivity contribution >= 4 is 11.3 Å². The Morgan fingerprint density at radius 2 is 2.20 bits per heavy atom. The lowest BCUT2D eigenvalue weighted by molar-refractivity contribution is 0.247. The fourth-order valence-corrected chi connectivity index (χ4v) is 3.27. The van der Waals surface area contributed by atoms with Gasteiger partial charge in [-0.1, -0.05) is 13.8 Å². The molecule has 0 amide bonds. The Labute approximate surface area is 95.9 Å². The van der Waals surface area contributed by atoms with Gasteiger partial charge in [0.2, 0.25) is 0 Å². The van der Waals surface area contributed by atoms with Crippen LogP contribution in [0.15, 0.2) is 5.38 Å². The van der Waals surface area contributed by atoms with Crippen molar-refractivity contribution in [2.75, 3.05) is 0 Å². The molecule has 0 radical (unpaired) electrons. The van der Waals surface area contributed by atoms with E-state index in [1.807, 2.05) is 0 Å². The Balaban J connectivity index is 2.14. The summed E-state index contributed by atoms with van der Waals surface area (Å²) in [7, 11) is 0. The summed E-state index contributed by atoms with van der Waals surface area (Å²) in [5.41, 5.74) is 7.53. The third-order valence-corrected chi connectivity index (χ3v) is 4.62. The van der Waals surface area contributed by atoms with Crippen molar-refractivity contribution in [2.24, 2.45) is 11.7 Å². The van der Waals surface area contributed by atoms with Gasteiger partial charge in [0.1, 0.15) is 5.01 Å². The van der Waals surface area contributed by atoms with Crippen LogP contribution in [0, 0.1) is 5.92 Å². The van der Waals surface area contributed by atoms with Crippen LogP contribution < -0.4 is 5.73 Å². The molecule has 15 heavy (non-hydrogen) atoms. The van der Waals surface area contributed by atoms with Gasteiger partial charge in [-0.15, -0.1) is 11.3 Å². The number of hydrogen-bond donors (Lipinski definition) is 1. The largest absolute Gasteiger partial charge is 0.319 e. The Hall–Kier alpha value is -0.410. The van der Waals surface area contributed by atoms with Crippen LogP contribution in [0.4, 0.5) is 0 Å². The highest BCUT2D eigenvalue weighted by Gasteiger charge is 2.34. The molecule has 0 unspecified atom stereocenters. The molecule has 3 heteroatoms. The zero-order chi connectivity index (χ0) is 10.9. The van der Waals surface area contributed by atoms with Crippen molar-refractivity contribution in [1.82, 2.24) is 4.98 Å². The first-order chi connectivity index (χ1) is 7.14. The van der Waals surface area contributed by atoms with Crippen LogP contribution in [-0.4, -0.2) is 4.98 Å². The molecule has 2 nitrogen and oxygen atoms in total. The van der Waals surface area contributed by atoms with Gasteiger partial charge >= 0.3 is 0 Å². The molecule has 1 aromatic heterocycles. The zero-order valence-electron chi connectivity index (χ0n) is 9.62. The van der Waals surface area contributed by atoms with Gasteiger partial charge in [-0.3, -0.25) is 0 Å². The first kappa shape index (κ1) is 11.1. The van der Waals surface area contributed by atoms with E-state index in [2.05, 4.69) is 24.2 Å². The number of rotatable bonds is 2. The maximum atomic E-state index is 6.46. The van der Waals surface area contributed by atoms with Crippen molar-refractivity contribution < 1.29 is 0 Å². The smallest absolute Gasteiger partial charge is 0.113 e.